The average molecular weight is 164 g/mol. The van der Waals surface area contributed by atoms with Gasteiger partial charge in [0.1, 0.15) is 0 Å². The van der Waals surface area contributed by atoms with Gasteiger partial charge in [0.15, 0.2) is 5.82 Å². The Hall–Kier alpha value is -1.32. The minimum absolute atomic E-state index is 0.830. The van der Waals surface area contributed by atoms with Gasteiger partial charge in [-0.15, -0.1) is 5.10 Å². The molecule has 1 aromatic heterocycles. The normalized spacial score (nSPS) is 15.9. The lowest BCUT2D eigenvalue weighted by Crippen LogP contribution is -2.37. The van der Waals surface area contributed by atoms with Gasteiger partial charge in [0.2, 0.25) is 5.95 Å². The van der Waals surface area contributed by atoms with Crippen LogP contribution < -0.4 is 4.90 Å². The summed E-state index contributed by atoms with van der Waals surface area (Å²) in [5.41, 5.74) is 0. The lowest BCUT2D eigenvalue weighted by molar-refractivity contribution is 0.596. The summed E-state index contributed by atoms with van der Waals surface area (Å²) in [6.45, 7) is 5.83. The molecule has 1 aliphatic rings. The lowest BCUT2D eigenvalue weighted by Gasteiger charge is -2.29. The summed E-state index contributed by atoms with van der Waals surface area (Å²) in [5, 5.41) is 4.26. The summed E-state index contributed by atoms with van der Waals surface area (Å²) in [4.78, 5) is 6.47. The molecule has 0 unspecified atom stereocenters. The standard InChI is InChI=1S/C8H12N4/c1-3-7-9-8(10-11(7)2)12-5-4-6-12/h3H,1,4-6H2,2H3. The summed E-state index contributed by atoms with van der Waals surface area (Å²) >= 11 is 0. The number of aryl methyl sites for hydroxylation is 1. The Kier molecular flexibility index (Phi) is 1.60. The van der Waals surface area contributed by atoms with E-state index in [1.165, 1.54) is 6.42 Å². The van der Waals surface area contributed by atoms with E-state index in [-0.39, 0.29) is 0 Å². The molecular weight excluding hydrogens is 152 g/mol. The van der Waals surface area contributed by atoms with Gasteiger partial charge < -0.3 is 4.90 Å². The number of aromatic nitrogens is 3. The Labute approximate surface area is 71.5 Å². The van der Waals surface area contributed by atoms with Gasteiger partial charge in [0.25, 0.3) is 0 Å². The zero-order valence-electron chi connectivity index (χ0n) is 7.19. The van der Waals surface area contributed by atoms with E-state index < -0.39 is 0 Å². The molecule has 0 bridgehead atoms. The fourth-order valence-electron chi connectivity index (χ4n) is 1.21. The van der Waals surface area contributed by atoms with E-state index >= 15 is 0 Å². The molecule has 0 atom stereocenters. The van der Waals surface area contributed by atoms with Gasteiger partial charge in [-0.1, -0.05) is 6.58 Å². The average Bonchev–Trinajstić information content (AvgIpc) is 2.27. The number of hydrogen-bond donors (Lipinski definition) is 0. The molecule has 0 spiro atoms. The molecule has 64 valence electrons. The number of hydrogen-bond acceptors (Lipinski definition) is 3. The molecule has 0 amide bonds. The second kappa shape index (κ2) is 2.62. The van der Waals surface area contributed by atoms with Crippen LogP contribution in [0.15, 0.2) is 6.58 Å². The third kappa shape index (κ3) is 0.995. The van der Waals surface area contributed by atoms with Gasteiger partial charge in [-0.3, -0.25) is 0 Å². The van der Waals surface area contributed by atoms with Crippen LogP contribution in [0.25, 0.3) is 6.08 Å². The molecule has 12 heavy (non-hydrogen) atoms. The first-order valence-electron chi connectivity index (χ1n) is 4.09. The summed E-state index contributed by atoms with van der Waals surface area (Å²) in [6.07, 6.45) is 2.97. The Morgan fingerprint density at radius 1 is 1.50 bits per heavy atom. The Balaban J connectivity index is 2.27. The van der Waals surface area contributed by atoms with Crippen molar-refractivity contribution in [2.24, 2.45) is 7.05 Å². The molecule has 0 aliphatic carbocycles. The van der Waals surface area contributed by atoms with E-state index in [0.717, 1.165) is 24.9 Å². The van der Waals surface area contributed by atoms with Crippen molar-refractivity contribution in [2.75, 3.05) is 18.0 Å². The number of rotatable bonds is 2. The third-order valence-electron chi connectivity index (χ3n) is 2.11. The highest BCUT2D eigenvalue weighted by molar-refractivity contribution is 5.42. The Bertz CT molecular complexity index is 298. The van der Waals surface area contributed by atoms with Crippen molar-refractivity contribution < 1.29 is 0 Å². The predicted octanol–water partition coefficient (Wildman–Crippen LogP) is 0.668. The molecule has 1 saturated heterocycles. The van der Waals surface area contributed by atoms with Crippen LogP contribution in [0, 0.1) is 0 Å². The zero-order chi connectivity index (χ0) is 8.55. The summed E-state index contributed by atoms with van der Waals surface area (Å²) in [5.74, 6) is 1.66. The lowest BCUT2D eigenvalue weighted by atomic mass is 10.2. The van der Waals surface area contributed by atoms with Gasteiger partial charge in [0.05, 0.1) is 0 Å². The minimum atomic E-state index is 0.830. The van der Waals surface area contributed by atoms with Gasteiger partial charge >= 0.3 is 0 Å². The highest BCUT2D eigenvalue weighted by Gasteiger charge is 2.18. The van der Waals surface area contributed by atoms with Crippen molar-refractivity contribution in [3.8, 4) is 0 Å². The van der Waals surface area contributed by atoms with Gasteiger partial charge in [-0.05, 0) is 12.5 Å². The highest BCUT2D eigenvalue weighted by Crippen LogP contribution is 2.15. The fourth-order valence-corrected chi connectivity index (χ4v) is 1.21. The molecule has 0 radical (unpaired) electrons. The smallest absolute Gasteiger partial charge is 0.245 e. The molecule has 0 aromatic carbocycles. The van der Waals surface area contributed by atoms with E-state index in [1.54, 1.807) is 10.8 Å². The fraction of sp³-hybridized carbons (Fsp3) is 0.500. The van der Waals surface area contributed by atoms with Crippen LogP contribution in [0.4, 0.5) is 5.95 Å². The van der Waals surface area contributed by atoms with Crippen LogP contribution in [0.3, 0.4) is 0 Å². The highest BCUT2D eigenvalue weighted by atomic mass is 15.4. The van der Waals surface area contributed by atoms with Crippen molar-refractivity contribution in [1.29, 1.82) is 0 Å². The molecule has 1 aliphatic heterocycles. The minimum Gasteiger partial charge on any atom is -0.339 e. The first kappa shape index (κ1) is 7.34. The quantitative estimate of drug-likeness (QED) is 0.644. The van der Waals surface area contributed by atoms with E-state index in [2.05, 4.69) is 21.6 Å². The van der Waals surface area contributed by atoms with Crippen LogP contribution in [-0.2, 0) is 7.05 Å². The molecule has 1 fully saturated rings. The molecule has 2 heterocycles. The molecule has 0 saturated carbocycles. The predicted molar refractivity (Wildman–Crippen MR) is 47.9 cm³/mol. The molecule has 0 N–H and O–H groups in total. The van der Waals surface area contributed by atoms with Crippen molar-refractivity contribution >= 4 is 12.0 Å². The second-order valence-corrected chi connectivity index (χ2v) is 2.94. The zero-order valence-corrected chi connectivity index (χ0v) is 7.19. The van der Waals surface area contributed by atoms with Crippen LogP contribution in [0.2, 0.25) is 0 Å². The second-order valence-electron chi connectivity index (χ2n) is 2.94. The topological polar surface area (TPSA) is 34.0 Å². The van der Waals surface area contributed by atoms with Crippen molar-refractivity contribution in [3.63, 3.8) is 0 Å². The molecule has 4 heteroatoms. The van der Waals surface area contributed by atoms with E-state index in [4.69, 9.17) is 0 Å². The molecular formula is C8H12N4. The SMILES string of the molecule is C=Cc1nc(N2CCC2)nn1C. The Morgan fingerprint density at radius 2 is 2.25 bits per heavy atom. The van der Waals surface area contributed by atoms with Crippen LogP contribution in [0.5, 0.6) is 0 Å². The third-order valence-corrected chi connectivity index (χ3v) is 2.11. The summed E-state index contributed by atoms with van der Waals surface area (Å²) in [7, 11) is 1.88. The monoisotopic (exact) mass is 164 g/mol. The van der Waals surface area contributed by atoms with E-state index in [9.17, 15) is 0 Å². The summed E-state index contributed by atoms with van der Waals surface area (Å²) < 4.78 is 1.75. The van der Waals surface area contributed by atoms with E-state index in [0.29, 0.717) is 0 Å². The number of anilines is 1. The van der Waals surface area contributed by atoms with Gasteiger partial charge in [-0.2, -0.15) is 4.98 Å². The number of nitrogens with zero attached hydrogens (tertiary/aromatic N) is 4. The molecule has 1 aromatic rings. The molecule has 4 nitrogen and oxygen atoms in total. The molecule has 2 rings (SSSR count). The van der Waals surface area contributed by atoms with Crippen LogP contribution >= 0.6 is 0 Å². The maximum atomic E-state index is 4.31. The maximum absolute atomic E-state index is 4.31. The van der Waals surface area contributed by atoms with E-state index in [1.807, 2.05) is 7.05 Å². The first-order chi connectivity index (χ1) is 5.81. The Morgan fingerprint density at radius 3 is 2.67 bits per heavy atom. The maximum Gasteiger partial charge on any atom is 0.245 e. The van der Waals surface area contributed by atoms with Gasteiger partial charge in [-0.25, -0.2) is 4.68 Å². The van der Waals surface area contributed by atoms with Crippen molar-refractivity contribution in [1.82, 2.24) is 14.8 Å². The van der Waals surface area contributed by atoms with Crippen molar-refractivity contribution in [2.45, 2.75) is 6.42 Å². The summed E-state index contributed by atoms with van der Waals surface area (Å²) in [6, 6.07) is 0. The van der Waals surface area contributed by atoms with Crippen LogP contribution in [0.1, 0.15) is 12.2 Å². The van der Waals surface area contributed by atoms with Crippen LogP contribution in [-0.4, -0.2) is 27.9 Å². The largest absolute Gasteiger partial charge is 0.339 e. The van der Waals surface area contributed by atoms with Crippen molar-refractivity contribution in [3.05, 3.63) is 12.4 Å². The first-order valence-corrected chi connectivity index (χ1v) is 4.09. The van der Waals surface area contributed by atoms with Gasteiger partial charge in [0, 0.05) is 20.1 Å².